The molecule has 25 heavy (non-hydrogen) atoms. The molecule has 1 amide bonds. The van der Waals surface area contributed by atoms with Crippen molar-refractivity contribution in [2.24, 2.45) is 11.8 Å². The van der Waals surface area contributed by atoms with E-state index >= 15 is 0 Å². The number of carbonyl (C=O) groups is 1. The normalized spacial score (nSPS) is 13.5. The van der Waals surface area contributed by atoms with E-state index in [-0.39, 0.29) is 18.4 Å². The first-order valence-corrected chi connectivity index (χ1v) is 9.80. The van der Waals surface area contributed by atoms with Crippen LogP contribution in [0.3, 0.4) is 0 Å². The van der Waals surface area contributed by atoms with Crippen LogP contribution in [0, 0.1) is 11.8 Å². The molecule has 1 N–H and O–H groups in total. The predicted molar refractivity (Wildman–Crippen MR) is 102 cm³/mol. The molecule has 0 fully saturated rings. The number of amides is 1. The molecule has 0 aliphatic rings. The maximum atomic E-state index is 14.2. The van der Waals surface area contributed by atoms with Gasteiger partial charge < -0.3 is 14.8 Å². The number of unbranched alkanes of at least 4 members (excludes halogenated alkanes) is 2. The van der Waals surface area contributed by atoms with Gasteiger partial charge >= 0.3 is 0 Å². The van der Waals surface area contributed by atoms with E-state index in [1.54, 1.807) is 27.7 Å². The maximum absolute atomic E-state index is 14.2. The van der Waals surface area contributed by atoms with Gasteiger partial charge in [0.25, 0.3) is 0 Å². The Labute approximate surface area is 154 Å². The summed E-state index contributed by atoms with van der Waals surface area (Å²) in [5.74, 6) is 0.470. The minimum Gasteiger partial charge on any atom is -0.381 e. The standard InChI is InChI=1S/C20H40FNO3/c1-16(2)11-10-13-24-12-8-7-9-14-25-20(5,6)18(21)15-22-19(23)17(3)4/h16-18H,7-15H2,1-6H3,(H,22,23). The topological polar surface area (TPSA) is 47.6 Å². The fourth-order valence-corrected chi connectivity index (χ4v) is 2.24. The van der Waals surface area contributed by atoms with Crippen LogP contribution in [0.2, 0.25) is 0 Å². The molecule has 0 aromatic rings. The van der Waals surface area contributed by atoms with Crippen LogP contribution in [-0.4, -0.2) is 44.0 Å². The Morgan fingerprint density at radius 1 is 1.00 bits per heavy atom. The van der Waals surface area contributed by atoms with E-state index in [9.17, 15) is 9.18 Å². The summed E-state index contributed by atoms with van der Waals surface area (Å²) < 4.78 is 25.5. The number of alkyl halides is 1. The van der Waals surface area contributed by atoms with Crippen LogP contribution < -0.4 is 5.32 Å². The summed E-state index contributed by atoms with van der Waals surface area (Å²) in [6.45, 7) is 13.6. The largest absolute Gasteiger partial charge is 0.381 e. The van der Waals surface area contributed by atoms with Gasteiger partial charge in [-0.05, 0) is 51.9 Å². The van der Waals surface area contributed by atoms with Crippen LogP contribution in [-0.2, 0) is 14.3 Å². The predicted octanol–water partition coefficient (Wildman–Crippen LogP) is 4.52. The molecule has 4 nitrogen and oxygen atoms in total. The average molecular weight is 362 g/mol. The Kier molecular flexibility index (Phi) is 13.1. The van der Waals surface area contributed by atoms with Gasteiger partial charge in [0, 0.05) is 25.7 Å². The lowest BCUT2D eigenvalue weighted by Crippen LogP contribution is -2.45. The highest BCUT2D eigenvalue weighted by atomic mass is 19.1. The summed E-state index contributed by atoms with van der Waals surface area (Å²) in [5.41, 5.74) is -0.891. The first-order chi connectivity index (χ1) is 11.7. The lowest BCUT2D eigenvalue weighted by molar-refractivity contribution is -0.125. The van der Waals surface area contributed by atoms with Gasteiger partial charge in [0.05, 0.1) is 12.1 Å². The van der Waals surface area contributed by atoms with Crippen LogP contribution in [0.1, 0.15) is 73.6 Å². The maximum Gasteiger partial charge on any atom is 0.222 e. The van der Waals surface area contributed by atoms with E-state index in [2.05, 4.69) is 19.2 Å². The third kappa shape index (κ3) is 13.2. The van der Waals surface area contributed by atoms with Gasteiger partial charge in [-0.1, -0.05) is 27.7 Å². The van der Waals surface area contributed by atoms with E-state index < -0.39 is 11.8 Å². The van der Waals surface area contributed by atoms with Gasteiger partial charge in [-0.25, -0.2) is 4.39 Å². The summed E-state index contributed by atoms with van der Waals surface area (Å²) in [6.07, 6.45) is 4.03. The molecule has 0 saturated carbocycles. The van der Waals surface area contributed by atoms with Crippen molar-refractivity contribution in [1.29, 1.82) is 0 Å². The molecule has 0 rings (SSSR count). The van der Waals surface area contributed by atoms with Gasteiger partial charge in [-0.15, -0.1) is 0 Å². The number of ether oxygens (including phenoxy) is 2. The summed E-state index contributed by atoms with van der Waals surface area (Å²) in [7, 11) is 0. The van der Waals surface area contributed by atoms with Crippen molar-refractivity contribution in [3.05, 3.63) is 0 Å². The molecule has 0 saturated heterocycles. The van der Waals surface area contributed by atoms with Gasteiger partial charge in [-0.2, -0.15) is 0 Å². The highest BCUT2D eigenvalue weighted by Crippen LogP contribution is 2.18. The van der Waals surface area contributed by atoms with Crippen molar-refractivity contribution in [3.63, 3.8) is 0 Å². The fraction of sp³-hybridized carbons (Fsp3) is 0.950. The van der Waals surface area contributed by atoms with E-state index in [4.69, 9.17) is 9.47 Å². The number of rotatable bonds is 15. The molecular formula is C20H40FNO3. The molecule has 0 aromatic heterocycles. The SMILES string of the molecule is CC(C)CCCOCCCCCOC(C)(C)C(F)CNC(=O)C(C)C. The van der Waals surface area contributed by atoms with Crippen molar-refractivity contribution in [2.45, 2.75) is 85.4 Å². The molecule has 1 unspecified atom stereocenters. The Bertz CT molecular complexity index is 346. The van der Waals surface area contributed by atoms with Gasteiger partial charge in [0.2, 0.25) is 5.91 Å². The van der Waals surface area contributed by atoms with Crippen molar-refractivity contribution in [2.75, 3.05) is 26.4 Å². The van der Waals surface area contributed by atoms with E-state index in [0.29, 0.717) is 6.61 Å². The summed E-state index contributed by atoms with van der Waals surface area (Å²) >= 11 is 0. The molecular weight excluding hydrogens is 321 g/mol. The Morgan fingerprint density at radius 3 is 2.20 bits per heavy atom. The molecule has 150 valence electrons. The highest BCUT2D eigenvalue weighted by Gasteiger charge is 2.30. The molecule has 0 bridgehead atoms. The first-order valence-electron chi connectivity index (χ1n) is 9.80. The van der Waals surface area contributed by atoms with Crippen LogP contribution in [0.15, 0.2) is 0 Å². The van der Waals surface area contributed by atoms with E-state index in [1.807, 2.05) is 0 Å². The Balaban J connectivity index is 3.66. The Hall–Kier alpha value is -0.680. The molecule has 0 spiro atoms. The second-order valence-electron chi connectivity index (χ2n) is 8.03. The zero-order chi connectivity index (χ0) is 19.3. The number of carbonyl (C=O) groups excluding carboxylic acids is 1. The van der Waals surface area contributed by atoms with Crippen molar-refractivity contribution in [1.82, 2.24) is 5.32 Å². The van der Waals surface area contributed by atoms with E-state index in [1.165, 1.54) is 6.42 Å². The van der Waals surface area contributed by atoms with E-state index in [0.717, 1.165) is 44.8 Å². The van der Waals surface area contributed by atoms with Gasteiger partial charge in [-0.3, -0.25) is 4.79 Å². The Morgan fingerprint density at radius 2 is 1.60 bits per heavy atom. The quantitative estimate of drug-likeness (QED) is 0.436. The molecule has 0 aliphatic heterocycles. The smallest absolute Gasteiger partial charge is 0.222 e. The number of nitrogens with one attached hydrogen (secondary N) is 1. The van der Waals surface area contributed by atoms with Gasteiger partial charge in [0.1, 0.15) is 6.17 Å². The summed E-state index contributed by atoms with van der Waals surface area (Å²) in [5, 5.41) is 2.62. The van der Waals surface area contributed by atoms with Crippen molar-refractivity contribution < 1.29 is 18.7 Å². The van der Waals surface area contributed by atoms with Crippen LogP contribution in [0.25, 0.3) is 0 Å². The zero-order valence-corrected chi connectivity index (χ0v) is 17.2. The average Bonchev–Trinajstić information content (AvgIpc) is 2.53. The van der Waals surface area contributed by atoms with Crippen LogP contribution >= 0.6 is 0 Å². The fourth-order valence-electron chi connectivity index (χ4n) is 2.24. The third-order valence-electron chi connectivity index (χ3n) is 4.21. The second kappa shape index (κ2) is 13.5. The van der Waals surface area contributed by atoms with Crippen molar-refractivity contribution in [3.8, 4) is 0 Å². The summed E-state index contributed by atoms with van der Waals surface area (Å²) in [6, 6.07) is 0. The highest BCUT2D eigenvalue weighted by molar-refractivity contribution is 5.77. The lowest BCUT2D eigenvalue weighted by Gasteiger charge is -2.29. The minimum absolute atomic E-state index is 0.00572. The molecule has 0 aromatic carbocycles. The number of hydrogen-bond acceptors (Lipinski definition) is 3. The molecule has 0 heterocycles. The second-order valence-corrected chi connectivity index (χ2v) is 8.03. The number of hydrogen-bond donors (Lipinski definition) is 1. The third-order valence-corrected chi connectivity index (χ3v) is 4.21. The van der Waals surface area contributed by atoms with Crippen LogP contribution in [0.5, 0.6) is 0 Å². The monoisotopic (exact) mass is 361 g/mol. The first kappa shape index (κ1) is 24.3. The minimum atomic E-state index is -1.22. The lowest BCUT2D eigenvalue weighted by atomic mass is 10.0. The molecule has 0 radical (unpaired) electrons. The van der Waals surface area contributed by atoms with Crippen molar-refractivity contribution >= 4 is 5.91 Å². The molecule has 1 atom stereocenters. The molecule has 0 aliphatic carbocycles. The van der Waals surface area contributed by atoms with Gasteiger partial charge in [0.15, 0.2) is 0 Å². The summed E-state index contributed by atoms with van der Waals surface area (Å²) in [4.78, 5) is 11.5. The molecule has 5 heteroatoms. The van der Waals surface area contributed by atoms with Crippen LogP contribution in [0.4, 0.5) is 4.39 Å². The number of halogens is 1. The zero-order valence-electron chi connectivity index (χ0n) is 17.2.